The first-order valence-electron chi connectivity index (χ1n) is 8.57. The summed E-state index contributed by atoms with van der Waals surface area (Å²) < 4.78 is 5.24. The molecule has 0 saturated heterocycles. The van der Waals surface area contributed by atoms with Gasteiger partial charge in [0.2, 0.25) is 0 Å². The molecule has 0 aliphatic heterocycles. The van der Waals surface area contributed by atoms with E-state index in [1.54, 1.807) is 0 Å². The molecule has 0 bridgehead atoms. The zero-order valence-corrected chi connectivity index (χ0v) is 14.8. The summed E-state index contributed by atoms with van der Waals surface area (Å²) in [5.41, 5.74) is 1.30. The van der Waals surface area contributed by atoms with Crippen LogP contribution in [0, 0.1) is 11.3 Å². The van der Waals surface area contributed by atoms with Crippen LogP contribution in [0.15, 0.2) is 30.3 Å². The molecule has 0 unspecified atom stereocenters. The SMILES string of the molecule is CC(C)C(C)(C)CNC1CC(NC(=O)OCc2ccccc2)C1. The van der Waals surface area contributed by atoms with Crippen molar-refractivity contribution in [2.45, 2.75) is 59.2 Å². The third kappa shape index (κ3) is 5.54. The first-order chi connectivity index (χ1) is 10.9. The van der Waals surface area contributed by atoms with Crippen molar-refractivity contribution in [2.24, 2.45) is 11.3 Å². The molecule has 0 spiro atoms. The Balaban J connectivity index is 1.59. The molecule has 0 heterocycles. The fourth-order valence-corrected chi connectivity index (χ4v) is 2.45. The zero-order valence-electron chi connectivity index (χ0n) is 14.8. The lowest BCUT2D eigenvalue weighted by Crippen LogP contribution is -2.54. The Morgan fingerprint density at radius 2 is 1.87 bits per heavy atom. The summed E-state index contributed by atoms with van der Waals surface area (Å²) >= 11 is 0. The molecule has 1 aliphatic carbocycles. The highest BCUT2D eigenvalue weighted by Crippen LogP contribution is 2.27. The van der Waals surface area contributed by atoms with E-state index in [1.807, 2.05) is 30.3 Å². The van der Waals surface area contributed by atoms with Crippen LogP contribution in [-0.2, 0) is 11.3 Å². The van der Waals surface area contributed by atoms with Crippen LogP contribution < -0.4 is 10.6 Å². The second kappa shape index (κ2) is 7.82. The molecule has 4 nitrogen and oxygen atoms in total. The summed E-state index contributed by atoms with van der Waals surface area (Å²) in [5, 5.41) is 6.55. The standard InChI is InChI=1S/C19H30N2O2/c1-14(2)19(3,4)13-20-16-10-17(11-16)21-18(22)23-12-15-8-6-5-7-9-15/h5-9,14,16-17,20H,10-13H2,1-4H3,(H,21,22). The first kappa shape index (κ1) is 17.8. The summed E-state index contributed by atoms with van der Waals surface area (Å²) in [7, 11) is 0. The Bertz CT molecular complexity index is 493. The zero-order chi connectivity index (χ0) is 16.9. The molecule has 1 aromatic rings. The molecule has 1 amide bonds. The summed E-state index contributed by atoms with van der Waals surface area (Å²) in [6.45, 7) is 10.4. The number of carbonyl (C=O) groups is 1. The molecule has 1 fully saturated rings. The summed E-state index contributed by atoms with van der Waals surface area (Å²) in [6.07, 6.45) is 1.64. The molecule has 0 atom stereocenters. The van der Waals surface area contributed by atoms with E-state index in [1.165, 1.54) is 0 Å². The molecular weight excluding hydrogens is 288 g/mol. The van der Waals surface area contributed by atoms with Gasteiger partial charge in [-0.15, -0.1) is 0 Å². The molecule has 128 valence electrons. The number of ether oxygens (including phenoxy) is 1. The van der Waals surface area contributed by atoms with Crippen molar-refractivity contribution in [3.8, 4) is 0 Å². The van der Waals surface area contributed by atoms with E-state index >= 15 is 0 Å². The molecule has 0 aromatic heterocycles. The number of alkyl carbamates (subject to hydrolysis) is 1. The maximum Gasteiger partial charge on any atom is 0.407 e. The summed E-state index contributed by atoms with van der Waals surface area (Å²) in [6, 6.07) is 10.5. The first-order valence-corrected chi connectivity index (χ1v) is 8.57. The third-order valence-corrected chi connectivity index (χ3v) is 5.08. The Hall–Kier alpha value is -1.55. The van der Waals surface area contributed by atoms with Gasteiger partial charge in [0.05, 0.1) is 0 Å². The summed E-state index contributed by atoms with van der Waals surface area (Å²) in [4.78, 5) is 11.8. The lowest BCUT2D eigenvalue weighted by molar-refractivity contribution is 0.122. The van der Waals surface area contributed by atoms with Gasteiger partial charge in [-0.25, -0.2) is 4.79 Å². The molecule has 1 saturated carbocycles. The average Bonchev–Trinajstić information content (AvgIpc) is 2.48. The van der Waals surface area contributed by atoms with Gasteiger partial charge in [-0.1, -0.05) is 58.0 Å². The fraction of sp³-hybridized carbons (Fsp3) is 0.632. The Labute approximate surface area is 140 Å². The minimum Gasteiger partial charge on any atom is -0.445 e. The molecule has 1 aromatic carbocycles. The number of amides is 1. The van der Waals surface area contributed by atoms with Crippen LogP contribution in [0.5, 0.6) is 0 Å². The van der Waals surface area contributed by atoms with Crippen LogP contribution in [0.25, 0.3) is 0 Å². The number of carbonyl (C=O) groups excluding carboxylic acids is 1. The lowest BCUT2D eigenvalue weighted by Gasteiger charge is -2.39. The van der Waals surface area contributed by atoms with Gasteiger partial charge in [0.15, 0.2) is 0 Å². The van der Waals surface area contributed by atoms with Crippen LogP contribution in [0.4, 0.5) is 4.79 Å². The monoisotopic (exact) mass is 318 g/mol. The largest absolute Gasteiger partial charge is 0.445 e. The van der Waals surface area contributed by atoms with Crippen molar-refractivity contribution in [3.63, 3.8) is 0 Å². The predicted octanol–water partition coefficient (Wildman–Crippen LogP) is 3.72. The smallest absolute Gasteiger partial charge is 0.407 e. The van der Waals surface area contributed by atoms with E-state index in [2.05, 4.69) is 38.3 Å². The molecule has 1 aliphatic rings. The third-order valence-electron chi connectivity index (χ3n) is 5.08. The van der Waals surface area contributed by atoms with Crippen LogP contribution in [0.3, 0.4) is 0 Å². The second-order valence-corrected chi connectivity index (χ2v) is 7.60. The van der Waals surface area contributed by atoms with Gasteiger partial charge in [-0.2, -0.15) is 0 Å². The van der Waals surface area contributed by atoms with Gasteiger partial charge in [-0.3, -0.25) is 0 Å². The normalized spacial score (nSPS) is 20.9. The average molecular weight is 318 g/mol. The number of hydrogen-bond acceptors (Lipinski definition) is 3. The minimum absolute atomic E-state index is 0.234. The quantitative estimate of drug-likeness (QED) is 0.805. The Morgan fingerprint density at radius 3 is 2.48 bits per heavy atom. The molecule has 4 heteroatoms. The van der Waals surface area contributed by atoms with E-state index in [4.69, 9.17) is 4.74 Å². The highest BCUT2D eigenvalue weighted by atomic mass is 16.5. The molecule has 0 radical (unpaired) electrons. The maximum absolute atomic E-state index is 11.8. The van der Waals surface area contributed by atoms with Crippen molar-refractivity contribution >= 4 is 6.09 Å². The molecule has 23 heavy (non-hydrogen) atoms. The molecule has 2 rings (SSSR count). The van der Waals surface area contributed by atoms with Crippen LogP contribution in [0.1, 0.15) is 46.1 Å². The second-order valence-electron chi connectivity index (χ2n) is 7.60. The number of benzene rings is 1. The number of hydrogen-bond donors (Lipinski definition) is 2. The van der Waals surface area contributed by atoms with Gasteiger partial charge < -0.3 is 15.4 Å². The molecular formula is C19H30N2O2. The van der Waals surface area contributed by atoms with Crippen molar-refractivity contribution in [2.75, 3.05) is 6.54 Å². The number of nitrogens with one attached hydrogen (secondary N) is 2. The number of rotatable bonds is 7. The highest BCUT2D eigenvalue weighted by molar-refractivity contribution is 5.67. The van der Waals surface area contributed by atoms with Crippen LogP contribution in [0.2, 0.25) is 0 Å². The fourth-order valence-electron chi connectivity index (χ4n) is 2.45. The maximum atomic E-state index is 11.8. The van der Waals surface area contributed by atoms with E-state index in [-0.39, 0.29) is 12.1 Å². The van der Waals surface area contributed by atoms with Gasteiger partial charge in [0.1, 0.15) is 6.61 Å². The van der Waals surface area contributed by atoms with Crippen molar-refractivity contribution < 1.29 is 9.53 Å². The van der Waals surface area contributed by atoms with Crippen molar-refractivity contribution in [1.29, 1.82) is 0 Å². The van der Waals surface area contributed by atoms with Crippen LogP contribution in [-0.4, -0.2) is 24.7 Å². The van der Waals surface area contributed by atoms with E-state index < -0.39 is 0 Å². The van der Waals surface area contributed by atoms with Crippen molar-refractivity contribution in [3.05, 3.63) is 35.9 Å². The van der Waals surface area contributed by atoms with E-state index in [9.17, 15) is 4.79 Å². The Morgan fingerprint density at radius 1 is 1.22 bits per heavy atom. The molecule has 2 N–H and O–H groups in total. The van der Waals surface area contributed by atoms with Gasteiger partial charge in [0.25, 0.3) is 0 Å². The van der Waals surface area contributed by atoms with Gasteiger partial charge in [-0.05, 0) is 29.7 Å². The Kier molecular flexibility index (Phi) is 6.05. The minimum atomic E-state index is -0.320. The predicted molar refractivity (Wildman–Crippen MR) is 93.2 cm³/mol. The van der Waals surface area contributed by atoms with Crippen molar-refractivity contribution in [1.82, 2.24) is 10.6 Å². The highest BCUT2D eigenvalue weighted by Gasteiger charge is 2.32. The topological polar surface area (TPSA) is 50.4 Å². The summed E-state index contributed by atoms with van der Waals surface area (Å²) in [5.74, 6) is 0.650. The lowest BCUT2D eigenvalue weighted by atomic mass is 9.79. The van der Waals surface area contributed by atoms with Crippen LogP contribution >= 0.6 is 0 Å². The van der Waals surface area contributed by atoms with E-state index in [0.717, 1.165) is 24.9 Å². The van der Waals surface area contributed by atoms with Gasteiger partial charge >= 0.3 is 6.09 Å². The van der Waals surface area contributed by atoms with E-state index in [0.29, 0.717) is 24.0 Å². The van der Waals surface area contributed by atoms with Gasteiger partial charge in [0, 0.05) is 18.6 Å².